The van der Waals surface area contributed by atoms with Gasteiger partial charge in [-0.1, -0.05) is 13.8 Å². The normalized spacial score (nSPS) is 11.1. The highest BCUT2D eigenvalue weighted by Crippen LogP contribution is 2.27. The van der Waals surface area contributed by atoms with Crippen LogP contribution in [0.25, 0.3) is 0 Å². The first kappa shape index (κ1) is 17.0. The first-order valence-electron chi connectivity index (χ1n) is 6.90. The predicted molar refractivity (Wildman–Crippen MR) is 84.8 cm³/mol. The molecular formula is C16H24N2O3. The first-order chi connectivity index (χ1) is 9.60. The molecule has 0 atom stereocenters. The summed E-state index contributed by atoms with van der Waals surface area (Å²) in [6.45, 7) is 5.50. The van der Waals surface area contributed by atoms with Gasteiger partial charge in [0.25, 0.3) is 0 Å². The average molecular weight is 292 g/mol. The molecule has 0 aliphatic heterocycles. The molecule has 0 aromatic heterocycles. The van der Waals surface area contributed by atoms with Gasteiger partial charge in [-0.15, -0.1) is 0 Å². The molecular weight excluding hydrogens is 268 g/mol. The number of nitrogens with zero attached hydrogens (tertiary/aromatic N) is 1. The van der Waals surface area contributed by atoms with Crippen LogP contribution in [0.2, 0.25) is 0 Å². The van der Waals surface area contributed by atoms with Gasteiger partial charge in [0.05, 0.1) is 6.42 Å². The summed E-state index contributed by atoms with van der Waals surface area (Å²) in [6, 6.07) is 5.80. The standard InChI is InChI=1S/C16H24N2O3/c1-11-8-12(18(4)5)6-7-13(11)17-14(19)9-16(2,3)10-15(20)21/h6-8H,9-10H2,1-5H3,(H,17,19)(H,20,21). The minimum atomic E-state index is -0.890. The van der Waals surface area contributed by atoms with Crippen LogP contribution in [0.1, 0.15) is 32.3 Å². The quantitative estimate of drug-likeness (QED) is 0.846. The summed E-state index contributed by atoms with van der Waals surface area (Å²) in [5.74, 6) is -1.05. The van der Waals surface area contributed by atoms with E-state index in [9.17, 15) is 9.59 Å². The highest BCUT2D eigenvalue weighted by atomic mass is 16.4. The van der Waals surface area contributed by atoms with Crippen LogP contribution < -0.4 is 10.2 Å². The molecule has 1 aromatic carbocycles. The molecule has 116 valence electrons. The summed E-state index contributed by atoms with van der Waals surface area (Å²) in [6.07, 6.45) is 0.146. The monoisotopic (exact) mass is 292 g/mol. The fourth-order valence-corrected chi connectivity index (χ4v) is 2.17. The third-order valence-corrected chi connectivity index (χ3v) is 3.27. The number of hydrogen-bond acceptors (Lipinski definition) is 3. The molecule has 0 saturated heterocycles. The summed E-state index contributed by atoms with van der Waals surface area (Å²) in [4.78, 5) is 24.8. The number of carbonyl (C=O) groups is 2. The van der Waals surface area contributed by atoms with Crippen molar-refractivity contribution in [3.63, 3.8) is 0 Å². The fraction of sp³-hybridized carbons (Fsp3) is 0.500. The third-order valence-electron chi connectivity index (χ3n) is 3.27. The van der Waals surface area contributed by atoms with E-state index < -0.39 is 11.4 Å². The molecule has 0 radical (unpaired) electrons. The predicted octanol–water partition coefficient (Wildman–Crippen LogP) is 2.89. The molecule has 0 bridgehead atoms. The van der Waals surface area contributed by atoms with E-state index in [1.807, 2.05) is 44.1 Å². The highest BCUT2D eigenvalue weighted by Gasteiger charge is 2.25. The molecule has 0 unspecified atom stereocenters. The molecule has 1 aromatic rings. The van der Waals surface area contributed by atoms with Gasteiger partial charge in [-0.3, -0.25) is 9.59 Å². The topological polar surface area (TPSA) is 69.6 Å². The second-order valence-corrected chi connectivity index (χ2v) is 6.35. The Morgan fingerprint density at radius 3 is 2.33 bits per heavy atom. The Bertz CT molecular complexity index is 536. The second kappa shape index (κ2) is 6.61. The number of carboxylic acids is 1. The minimum Gasteiger partial charge on any atom is -0.481 e. The maximum Gasteiger partial charge on any atom is 0.303 e. The number of rotatable bonds is 6. The molecule has 0 aliphatic carbocycles. The maximum absolute atomic E-state index is 12.1. The zero-order chi connectivity index (χ0) is 16.2. The number of hydrogen-bond donors (Lipinski definition) is 2. The van der Waals surface area contributed by atoms with Gasteiger partial charge >= 0.3 is 5.97 Å². The van der Waals surface area contributed by atoms with E-state index in [-0.39, 0.29) is 18.7 Å². The van der Waals surface area contributed by atoms with Gasteiger partial charge in [-0.2, -0.15) is 0 Å². The van der Waals surface area contributed by atoms with Crippen molar-refractivity contribution < 1.29 is 14.7 Å². The van der Waals surface area contributed by atoms with E-state index >= 15 is 0 Å². The van der Waals surface area contributed by atoms with Crippen molar-refractivity contribution >= 4 is 23.3 Å². The van der Waals surface area contributed by atoms with Gasteiger partial charge in [0.2, 0.25) is 5.91 Å². The summed E-state index contributed by atoms with van der Waals surface area (Å²) in [7, 11) is 3.92. The largest absolute Gasteiger partial charge is 0.481 e. The van der Waals surface area contributed by atoms with Crippen LogP contribution in [0.4, 0.5) is 11.4 Å². The molecule has 0 saturated carbocycles. The van der Waals surface area contributed by atoms with Crippen LogP contribution in [-0.4, -0.2) is 31.1 Å². The van der Waals surface area contributed by atoms with Crippen LogP contribution in [-0.2, 0) is 9.59 Å². The van der Waals surface area contributed by atoms with Crippen molar-refractivity contribution in [2.45, 2.75) is 33.6 Å². The van der Waals surface area contributed by atoms with Crippen molar-refractivity contribution in [2.75, 3.05) is 24.3 Å². The molecule has 5 heteroatoms. The Morgan fingerprint density at radius 1 is 1.24 bits per heavy atom. The summed E-state index contributed by atoms with van der Waals surface area (Å²) in [5.41, 5.74) is 2.24. The fourth-order valence-electron chi connectivity index (χ4n) is 2.17. The van der Waals surface area contributed by atoms with Crippen LogP contribution in [0.15, 0.2) is 18.2 Å². The van der Waals surface area contributed by atoms with Crippen molar-refractivity contribution in [1.29, 1.82) is 0 Å². The number of nitrogens with one attached hydrogen (secondary N) is 1. The number of carboxylic acid groups (broad SMARTS) is 1. The van der Waals surface area contributed by atoms with Crippen molar-refractivity contribution in [2.24, 2.45) is 5.41 Å². The lowest BCUT2D eigenvalue weighted by Crippen LogP contribution is -2.25. The van der Waals surface area contributed by atoms with Gasteiger partial charge in [0.15, 0.2) is 0 Å². The SMILES string of the molecule is Cc1cc(N(C)C)ccc1NC(=O)CC(C)(C)CC(=O)O. The van der Waals surface area contributed by atoms with Crippen molar-refractivity contribution in [1.82, 2.24) is 0 Å². The minimum absolute atomic E-state index is 0.0288. The first-order valence-corrected chi connectivity index (χ1v) is 6.90. The molecule has 0 heterocycles. The molecule has 0 fully saturated rings. The van der Waals surface area contributed by atoms with E-state index in [1.54, 1.807) is 13.8 Å². The van der Waals surface area contributed by atoms with E-state index in [0.29, 0.717) is 0 Å². The van der Waals surface area contributed by atoms with E-state index in [0.717, 1.165) is 16.9 Å². The van der Waals surface area contributed by atoms with Gasteiger partial charge in [-0.25, -0.2) is 0 Å². The van der Waals surface area contributed by atoms with Crippen LogP contribution >= 0.6 is 0 Å². The Labute approximate surface area is 126 Å². The van der Waals surface area contributed by atoms with Gasteiger partial charge in [-0.05, 0) is 36.1 Å². The van der Waals surface area contributed by atoms with Crippen LogP contribution in [0, 0.1) is 12.3 Å². The van der Waals surface area contributed by atoms with Gasteiger partial charge in [0, 0.05) is 31.9 Å². The summed E-state index contributed by atoms with van der Waals surface area (Å²) >= 11 is 0. The highest BCUT2D eigenvalue weighted by molar-refractivity contribution is 5.92. The van der Waals surface area contributed by atoms with E-state index in [2.05, 4.69) is 5.32 Å². The number of benzene rings is 1. The zero-order valence-corrected chi connectivity index (χ0v) is 13.4. The van der Waals surface area contributed by atoms with Crippen LogP contribution in [0.3, 0.4) is 0 Å². The lowest BCUT2D eigenvalue weighted by molar-refractivity contribution is -0.139. The molecule has 21 heavy (non-hydrogen) atoms. The van der Waals surface area contributed by atoms with E-state index in [4.69, 9.17) is 5.11 Å². The number of carbonyl (C=O) groups excluding carboxylic acids is 1. The molecule has 1 rings (SSSR count). The number of amides is 1. The Kier molecular flexibility index (Phi) is 5.35. The Balaban J connectivity index is 2.73. The zero-order valence-electron chi connectivity index (χ0n) is 13.4. The molecule has 0 spiro atoms. The van der Waals surface area contributed by atoms with Gasteiger partial charge in [0.1, 0.15) is 0 Å². The third kappa shape index (κ3) is 5.45. The second-order valence-electron chi connectivity index (χ2n) is 6.35. The number of aliphatic carboxylic acids is 1. The molecule has 2 N–H and O–H groups in total. The smallest absolute Gasteiger partial charge is 0.303 e. The lowest BCUT2D eigenvalue weighted by Gasteiger charge is -2.22. The molecule has 5 nitrogen and oxygen atoms in total. The lowest BCUT2D eigenvalue weighted by atomic mass is 9.85. The summed E-state index contributed by atoms with van der Waals surface area (Å²) in [5, 5.41) is 11.7. The Morgan fingerprint density at radius 2 is 1.86 bits per heavy atom. The van der Waals surface area contributed by atoms with Crippen LogP contribution in [0.5, 0.6) is 0 Å². The molecule has 0 aliphatic rings. The van der Waals surface area contributed by atoms with Crippen molar-refractivity contribution in [3.05, 3.63) is 23.8 Å². The van der Waals surface area contributed by atoms with E-state index in [1.165, 1.54) is 0 Å². The van der Waals surface area contributed by atoms with Gasteiger partial charge < -0.3 is 15.3 Å². The van der Waals surface area contributed by atoms with Crippen molar-refractivity contribution in [3.8, 4) is 0 Å². The average Bonchev–Trinajstić information content (AvgIpc) is 2.28. The number of anilines is 2. The number of aryl methyl sites for hydroxylation is 1. The molecule has 1 amide bonds. The summed E-state index contributed by atoms with van der Waals surface area (Å²) < 4.78 is 0. The Hall–Kier alpha value is -2.04. The maximum atomic E-state index is 12.1.